The van der Waals surface area contributed by atoms with Crippen LogP contribution in [-0.2, 0) is 19.5 Å². The Balaban J connectivity index is 1.48. The van der Waals surface area contributed by atoms with Gasteiger partial charge in [-0.25, -0.2) is 9.97 Å². The summed E-state index contributed by atoms with van der Waals surface area (Å²) in [5, 5.41) is 6.53. The fourth-order valence-electron chi connectivity index (χ4n) is 2.89. The van der Waals surface area contributed by atoms with Crippen molar-refractivity contribution in [1.82, 2.24) is 25.1 Å². The second kappa shape index (κ2) is 6.35. The molecule has 0 spiro atoms. The van der Waals surface area contributed by atoms with Gasteiger partial charge in [-0.3, -0.25) is 9.89 Å². The summed E-state index contributed by atoms with van der Waals surface area (Å²) in [7, 11) is 1.65. The molecule has 2 aromatic heterocycles. The van der Waals surface area contributed by atoms with Crippen molar-refractivity contribution in [3.8, 4) is 5.75 Å². The predicted molar refractivity (Wildman–Crippen MR) is 90.0 cm³/mol. The molecule has 0 bridgehead atoms. The second-order valence-electron chi connectivity index (χ2n) is 5.91. The standard InChI is InChI=1S/C18H17N5O2/c1-25-14-4-2-12(3-5-14)8-17-19-9-13-10-23(11-16(13)21-17)18(24)15-6-7-20-22-15/h2-7,9H,8,10-11H2,1H3,(H,20,22). The fourth-order valence-corrected chi connectivity index (χ4v) is 2.89. The number of amides is 1. The number of nitrogens with one attached hydrogen (secondary N) is 1. The Morgan fingerprint density at radius 3 is 2.80 bits per heavy atom. The van der Waals surface area contributed by atoms with Crippen molar-refractivity contribution in [2.45, 2.75) is 19.5 Å². The van der Waals surface area contributed by atoms with Crippen LogP contribution in [0.4, 0.5) is 0 Å². The predicted octanol–water partition coefficient (Wildman–Crippen LogP) is 1.96. The molecule has 25 heavy (non-hydrogen) atoms. The van der Waals surface area contributed by atoms with E-state index in [1.165, 1.54) is 0 Å². The molecular formula is C18H17N5O2. The fraction of sp³-hybridized carbons (Fsp3) is 0.222. The number of hydrogen-bond donors (Lipinski definition) is 1. The highest BCUT2D eigenvalue weighted by atomic mass is 16.5. The van der Waals surface area contributed by atoms with Gasteiger partial charge in [0.1, 0.15) is 17.3 Å². The van der Waals surface area contributed by atoms with Gasteiger partial charge in [0.2, 0.25) is 0 Å². The number of carbonyl (C=O) groups is 1. The second-order valence-corrected chi connectivity index (χ2v) is 5.91. The van der Waals surface area contributed by atoms with Crippen LogP contribution in [-0.4, -0.2) is 38.1 Å². The van der Waals surface area contributed by atoms with Crippen LogP contribution in [0.25, 0.3) is 0 Å². The number of methoxy groups -OCH3 is 1. The summed E-state index contributed by atoms with van der Waals surface area (Å²) in [6, 6.07) is 9.53. The number of benzene rings is 1. The minimum Gasteiger partial charge on any atom is -0.497 e. The van der Waals surface area contributed by atoms with E-state index in [1.54, 1.807) is 24.3 Å². The average molecular weight is 335 g/mol. The molecule has 1 N–H and O–H groups in total. The van der Waals surface area contributed by atoms with Crippen LogP contribution < -0.4 is 4.74 Å². The molecule has 7 heteroatoms. The van der Waals surface area contributed by atoms with Crippen molar-refractivity contribution in [3.63, 3.8) is 0 Å². The van der Waals surface area contributed by atoms with Gasteiger partial charge in [0.05, 0.1) is 19.3 Å². The number of rotatable bonds is 4. The summed E-state index contributed by atoms with van der Waals surface area (Å²) in [6.07, 6.45) is 4.04. The summed E-state index contributed by atoms with van der Waals surface area (Å²) in [4.78, 5) is 23.2. The van der Waals surface area contributed by atoms with Gasteiger partial charge in [0.25, 0.3) is 5.91 Å². The Labute approximate surface area is 144 Å². The number of carbonyl (C=O) groups excluding carboxylic acids is 1. The summed E-state index contributed by atoms with van der Waals surface area (Å²) in [5.41, 5.74) is 3.50. The molecule has 1 aliphatic heterocycles. The van der Waals surface area contributed by atoms with E-state index >= 15 is 0 Å². The van der Waals surface area contributed by atoms with Crippen LogP contribution in [0.2, 0.25) is 0 Å². The Bertz CT molecular complexity index is 890. The van der Waals surface area contributed by atoms with Crippen molar-refractivity contribution < 1.29 is 9.53 Å². The van der Waals surface area contributed by atoms with Gasteiger partial charge in [-0.2, -0.15) is 5.10 Å². The minimum absolute atomic E-state index is 0.0767. The van der Waals surface area contributed by atoms with E-state index in [0.29, 0.717) is 25.2 Å². The first-order chi connectivity index (χ1) is 12.2. The van der Waals surface area contributed by atoms with Crippen molar-refractivity contribution in [1.29, 1.82) is 0 Å². The first-order valence-electron chi connectivity index (χ1n) is 7.98. The molecule has 0 saturated carbocycles. The summed E-state index contributed by atoms with van der Waals surface area (Å²) in [5.74, 6) is 1.50. The lowest BCUT2D eigenvalue weighted by atomic mass is 10.1. The monoisotopic (exact) mass is 335 g/mol. The highest BCUT2D eigenvalue weighted by Crippen LogP contribution is 2.22. The van der Waals surface area contributed by atoms with E-state index in [-0.39, 0.29) is 5.91 Å². The van der Waals surface area contributed by atoms with E-state index in [4.69, 9.17) is 4.74 Å². The number of aromatic nitrogens is 4. The Kier molecular flexibility index (Phi) is 3.89. The summed E-state index contributed by atoms with van der Waals surface area (Å²) < 4.78 is 5.17. The molecule has 0 atom stereocenters. The lowest BCUT2D eigenvalue weighted by Gasteiger charge is -2.13. The van der Waals surface area contributed by atoms with Crippen molar-refractivity contribution in [3.05, 3.63) is 71.1 Å². The SMILES string of the molecule is COc1ccc(Cc2ncc3c(n2)CN(C(=O)c2ccn[nH]2)C3)cc1. The normalized spacial score (nSPS) is 12.9. The van der Waals surface area contributed by atoms with Gasteiger partial charge in [-0.1, -0.05) is 12.1 Å². The topological polar surface area (TPSA) is 84.0 Å². The number of nitrogens with zero attached hydrogens (tertiary/aromatic N) is 4. The molecule has 3 aromatic rings. The van der Waals surface area contributed by atoms with Crippen LogP contribution in [0.1, 0.15) is 33.1 Å². The van der Waals surface area contributed by atoms with Crippen molar-refractivity contribution in [2.75, 3.05) is 7.11 Å². The highest BCUT2D eigenvalue weighted by molar-refractivity contribution is 5.92. The largest absolute Gasteiger partial charge is 0.497 e. The third kappa shape index (κ3) is 3.08. The van der Waals surface area contributed by atoms with Crippen molar-refractivity contribution >= 4 is 5.91 Å². The average Bonchev–Trinajstić information content (AvgIpc) is 3.31. The number of hydrogen-bond acceptors (Lipinski definition) is 5. The van der Waals surface area contributed by atoms with Crippen LogP contribution >= 0.6 is 0 Å². The summed E-state index contributed by atoms with van der Waals surface area (Å²) in [6.45, 7) is 1.02. The maximum Gasteiger partial charge on any atom is 0.272 e. The van der Waals surface area contributed by atoms with Gasteiger partial charge >= 0.3 is 0 Å². The molecule has 1 amide bonds. The lowest BCUT2D eigenvalue weighted by Crippen LogP contribution is -2.25. The van der Waals surface area contributed by atoms with Crippen LogP contribution in [0.5, 0.6) is 5.75 Å². The maximum atomic E-state index is 12.4. The minimum atomic E-state index is -0.0767. The van der Waals surface area contributed by atoms with Gasteiger partial charge in [0, 0.05) is 30.9 Å². The van der Waals surface area contributed by atoms with E-state index in [9.17, 15) is 4.79 Å². The number of ether oxygens (including phenoxy) is 1. The van der Waals surface area contributed by atoms with Gasteiger partial charge < -0.3 is 9.64 Å². The highest BCUT2D eigenvalue weighted by Gasteiger charge is 2.26. The van der Waals surface area contributed by atoms with E-state index < -0.39 is 0 Å². The molecule has 1 aromatic carbocycles. The van der Waals surface area contributed by atoms with Crippen LogP contribution in [0.3, 0.4) is 0 Å². The van der Waals surface area contributed by atoms with Crippen molar-refractivity contribution in [2.24, 2.45) is 0 Å². The third-order valence-corrected chi connectivity index (χ3v) is 4.25. The molecule has 0 radical (unpaired) electrons. The first kappa shape index (κ1) is 15.3. The third-order valence-electron chi connectivity index (χ3n) is 4.25. The first-order valence-corrected chi connectivity index (χ1v) is 7.98. The zero-order valence-corrected chi connectivity index (χ0v) is 13.8. The van der Waals surface area contributed by atoms with Gasteiger partial charge in [-0.05, 0) is 23.8 Å². The van der Waals surface area contributed by atoms with E-state index in [1.807, 2.05) is 30.5 Å². The van der Waals surface area contributed by atoms with Crippen LogP contribution in [0, 0.1) is 0 Å². The Hall–Kier alpha value is -3.22. The molecular weight excluding hydrogens is 318 g/mol. The molecule has 126 valence electrons. The Morgan fingerprint density at radius 1 is 1.24 bits per heavy atom. The molecule has 0 saturated heterocycles. The molecule has 7 nitrogen and oxygen atoms in total. The molecule has 4 rings (SSSR count). The number of H-pyrrole nitrogens is 1. The summed E-state index contributed by atoms with van der Waals surface area (Å²) >= 11 is 0. The number of fused-ring (bicyclic) bond motifs is 1. The molecule has 0 aliphatic carbocycles. The zero-order valence-electron chi connectivity index (χ0n) is 13.8. The Morgan fingerprint density at radius 2 is 2.08 bits per heavy atom. The zero-order chi connectivity index (χ0) is 17.2. The van der Waals surface area contributed by atoms with E-state index in [2.05, 4.69) is 20.2 Å². The van der Waals surface area contributed by atoms with E-state index in [0.717, 1.165) is 28.4 Å². The molecule has 3 heterocycles. The molecule has 1 aliphatic rings. The van der Waals surface area contributed by atoms with Gasteiger partial charge in [0.15, 0.2) is 0 Å². The van der Waals surface area contributed by atoms with Gasteiger partial charge in [-0.15, -0.1) is 0 Å². The number of aromatic amines is 1. The lowest BCUT2D eigenvalue weighted by molar-refractivity contribution is 0.0744. The molecule has 0 fully saturated rings. The van der Waals surface area contributed by atoms with Crippen LogP contribution in [0.15, 0.2) is 42.7 Å². The quantitative estimate of drug-likeness (QED) is 0.788. The smallest absolute Gasteiger partial charge is 0.272 e. The maximum absolute atomic E-state index is 12.4. The molecule has 0 unspecified atom stereocenters.